The van der Waals surface area contributed by atoms with Gasteiger partial charge < -0.3 is 10.1 Å². The minimum absolute atomic E-state index is 0.373. The molecule has 0 aliphatic rings. The number of pyridine rings is 1. The molecule has 1 amide bonds. The summed E-state index contributed by atoms with van der Waals surface area (Å²) in [5.74, 6) is -0.942. The summed E-state index contributed by atoms with van der Waals surface area (Å²) in [6.45, 7) is 7.52. The van der Waals surface area contributed by atoms with E-state index in [2.05, 4.69) is 5.32 Å². The zero-order chi connectivity index (χ0) is 23.5. The third kappa shape index (κ3) is 4.93. The molecule has 4 aromatic rings. The van der Waals surface area contributed by atoms with Crippen LogP contribution in [0.5, 0.6) is 0 Å². The number of carbonyl (C=O) groups excluding carboxylic acids is 2. The molecular weight excluding hydrogens is 412 g/mol. The van der Waals surface area contributed by atoms with E-state index in [0.717, 1.165) is 27.8 Å². The van der Waals surface area contributed by atoms with Crippen molar-refractivity contribution in [3.63, 3.8) is 0 Å². The first-order valence-electron chi connectivity index (χ1n) is 10.8. The van der Waals surface area contributed by atoms with Crippen molar-refractivity contribution in [3.8, 4) is 11.3 Å². The van der Waals surface area contributed by atoms with E-state index in [4.69, 9.17) is 9.72 Å². The largest absolute Gasteiger partial charge is 0.452 e. The Hall–Kier alpha value is -3.99. The number of amides is 1. The SMILES string of the molecule is Cc1ccc(-c2cc(C(=O)OCC(=O)Nc3cccc(C)c3C)c3cc(C)ccc3n2)cc1. The highest BCUT2D eigenvalue weighted by atomic mass is 16.5. The van der Waals surface area contributed by atoms with Gasteiger partial charge in [-0.2, -0.15) is 0 Å². The predicted octanol–water partition coefficient (Wildman–Crippen LogP) is 5.93. The first kappa shape index (κ1) is 22.2. The first-order chi connectivity index (χ1) is 15.8. The van der Waals surface area contributed by atoms with Gasteiger partial charge in [-0.15, -0.1) is 0 Å². The fourth-order valence-electron chi connectivity index (χ4n) is 3.66. The lowest BCUT2D eigenvalue weighted by Gasteiger charge is -2.12. The van der Waals surface area contributed by atoms with Crippen molar-refractivity contribution in [2.75, 3.05) is 11.9 Å². The molecule has 33 heavy (non-hydrogen) atoms. The summed E-state index contributed by atoms with van der Waals surface area (Å²) in [6, 6.07) is 21.1. The molecule has 0 fully saturated rings. The maximum absolute atomic E-state index is 13.1. The second kappa shape index (κ2) is 9.25. The van der Waals surface area contributed by atoms with E-state index in [1.165, 1.54) is 0 Å². The molecule has 0 aliphatic carbocycles. The van der Waals surface area contributed by atoms with E-state index in [1.807, 2.05) is 88.4 Å². The van der Waals surface area contributed by atoms with Crippen LogP contribution in [0.4, 0.5) is 5.69 Å². The van der Waals surface area contributed by atoms with E-state index in [9.17, 15) is 9.59 Å². The highest BCUT2D eigenvalue weighted by Gasteiger charge is 2.17. The molecule has 4 rings (SSSR count). The number of nitrogens with zero attached hydrogens (tertiary/aromatic N) is 1. The van der Waals surface area contributed by atoms with Gasteiger partial charge >= 0.3 is 5.97 Å². The van der Waals surface area contributed by atoms with Crippen LogP contribution >= 0.6 is 0 Å². The highest BCUT2D eigenvalue weighted by Crippen LogP contribution is 2.27. The maximum atomic E-state index is 13.1. The normalized spacial score (nSPS) is 10.8. The summed E-state index contributed by atoms with van der Waals surface area (Å²) < 4.78 is 5.41. The van der Waals surface area contributed by atoms with E-state index >= 15 is 0 Å². The van der Waals surface area contributed by atoms with Gasteiger partial charge in [0, 0.05) is 16.6 Å². The Kier molecular flexibility index (Phi) is 6.22. The second-order valence-electron chi connectivity index (χ2n) is 8.31. The molecule has 0 saturated heterocycles. The number of anilines is 1. The number of carbonyl (C=O) groups is 2. The number of hydrogen-bond acceptors (Lipinski definition) is 4. The van der Waals surface area contributed by atoms with Crippen LogP contribution in [0.1, 0.15) is 32.6 Å². The molecule has 1 heterocycles. The molecule has 0 radical (unpaired) electrons. The Balaban J connectivity index is 1.60. The zero-order valence-electron chi connectivity index (χ0n) is 19.2. The van der Waals surface area contributed by atoms with Crippen LogP contribution in [0.2, 0.25) is 0 Å². The van der Waals surface area contributed by atoms with Crippen molar-refractivity contribution >= 4 is 28.5 Å². The van der Waals surface area contributed by atoms with Gasteiger partial charge in [0.25, 0.3) is 5.91 Å². The van der Waals surface area contributed by atoms with E-state index in [1.54, 1.807) is 6.07 Å². The van der Waals surface area contributed by atoms with Crippen LogP contribution in [0, 0.1) is 27.7 Å². The number of ether oxygens (including phenoxy) is 1. The van der Waals surface area contributed by atoms with E-state index in [0.29, 0.717) is 27.8 Å². The van der Waals surface area contributed by atoms with Crippen LogP contribution < -0.4 is 5.32 Å². The average molecular weight is 439 g/mol. The highest BCUT2D eigenvalue weighted by molar-refractivity contribution is 6.05. The number of fused-ring (bicyclic) bond motifs is 1. The molecule has 0 aliphatic heterocycles. The fourth-order valence-corrected chi connectivity index (χ4v) is 3.66. The van der Waals surface area contributed by atoms with Gasteiger partial charge in [0.2, 0.25) is 0 Å². The number of aromatic nitrogens is 1. The van der Waals surface area contributed by atoms with E-state index < -0.39 is 5.97 Å². The molecule has 5 nitrogen and oxygen atoms in total. The Bertz CT molecular complexity index is 1360. The smallest absolute Gasteiger partial charge is 0.339 e. The molecule has 5 heteroatoms. The Morgan fingerprint density at radius 1 is 0.879 bits per heavy atom. The standard InChI is InChI=1S/C28H26N2O3/c1-17-8-11-21(12-9-17)26-15-23(22-14-18(2)10-13-25(22)29-26)28(32)33-16-27(31)30-24-7-5-6-19(3)20(24)4/h5-15H,16H2,1-4H3,(H,30,31). The van der Waals surface area contributed by atoms with Crippen LogP contribution in [-0.4, -0.2) is 23.5 Å². The molecule has 0 bridgehead atoms. The van der Waals surface area contributed by atoms with Gasteiger partial charge in [-0.05, 0) is 63.1 Å². The van der Waals surface area contributed by atoms with Crippen molar-refractivity contribution in [3.05, 3.63) is 94.5 Å². The molecule has 166 valence electrons. The molecule has 3 aromatic carbocycles. The van der Waals surface area contributed by atoms with Crippen molar-refractivity contribution in [2.45, 2.75) is 27.7 Å². The lowest BCUT2D eigenvalue weighted by molar-refractivity contribution is -0.119. The summed E-state index contributed by atoms with van der Waals surface area (Å²) in [7, 11) is 0. The van der Waals surface area contributed by atoms with Crippen LogP contribution in [0.25, 0.3) is 22.2 Å². The van der Waals surface area contributed by atoms with Crippen molar-refractivity contribution < 1.29 is 14.3 Å². The Morgan fingerprint density at radius 2 is 1.61 bits per heavy atom. The number of hydrogen-bond donors (Lipinski definition) is 1. The molecule has 1 aromatic heterocycles. The Morgan fingerprint density at radius 3 is 2.36 bits per heavy atom. The number of nitrogens with one attached hydrogen (secondary N) is 1. The predicted molar refractivity (Wildman–Crippen MR) is 131 cm³/mol. The average Bonchev–Trinajstić information content (AvgIpc) is 2.80. The number of esters is 1. The van der Waals surface area contributed by atoms with Crippen LogP contribution in [0.3, 0.4) is 0 Å². The molecule has 0 unspecified atom stereocenters. The van der Waals surface area contributed by atoms with Crippen molar-refractivity contribution in [2.24, 2.45) is 0 Å². The van der Waals surface area contributed by atoms with E-state index in [-0.39, 0.29) is 12.5 Å². The lowest BCUT2D eigenvalue weighted by Crippen LogP contribution is -2.21. The summed E-state index contributed by atoms with van der Waals surface area (Å²) in [5, 5.41) is 3.52. The van der Waals surface area contributed by atoms with Gasteiger partial charge in [-0.1, -0.05) is 53.6 Å². The molecule has 1 N–H and O–H groups in total. The topological polar surface area (TPSA) is 68.3 Å². The number of benzene rings is 3. The summed E-state index contributed by atoms with van der Waals surface area (Å²) in [4.78, 5) is 30.2. The van der Waals surface area contributed by atoms with Crippen molar-refractivity contribution in [1.82, 2.24) is 4.98 Å². The lowest BCUT2D eigenvalue weighted by atomic mass is 10.0. The zero-order valence-corrected chi connectivity index (χ0v) is 19.2. The van der Waals surface area contributed by atoms with Crippen molar-refractivity contribution in [1.29, 1.82) is 0 Å². The second-order valence-corrected chi connectivity index (χ2v) is 8.31. The van der Waals surface area contributed by atoms with Gasteiger partial charge in [0.05, 0.1) is 16.8 Å². The number of rotatable bonds is 5. The molecular formula is C28H26N2O3. The summed E-state index contributed by atoms with van der Waals surface area (Å²) in [6.07, 6.45) is 0. The minimum atomic E-state index is -0.558. The van der Waals surface area contributed by atoms with Gasteiger partial charge in [-0.3, -0.25) is 4.79 Å². The van der Waals surface area contributed by atoms with Crippen LogP contribution in [-0.2, 0) is 9.53 Å². The monoisotopic (exact) mass is 438 g/mol. The quantitative estimate of drug-likeness (QED) is 0.392. The maximum Gasteiger partial charge on any atom is 0.339 e. The fraction of sp³-hybridized carbons (Fsp3) is 0.179. The third-order valence-corrected chi connectivity index (χ3v) is 5.74. The first-order valence-corrected chi connectivity index (χ1v) is 10.8. The molecule has 0 atom stereocenters. The molecule has 0 saturated carbocycles. The van der Waals surface area contributed by atoms with Gasteiger partial charge in [0.1, 0.15) is 0 Å². The molecule has 0 spiro atoms. The minimum Gasteiger partial charge on any atom is -0.452 e. The van der Waals surface area contributed by atoms with Crippen LogP contribution in [0.15, 0.2) is 66.7 Å². The Labute approximate surface area is 193 Å². The summed E-state index contributed by atoms with van der Waals surface area (Å²) >= 11 is 0. The summed E-state index contributed by atoms with van der Waals surface area (Å²) in [5.41, 5.74) is 7.59. The van der Waals surface area contributed by atoms with Gasteiger partial charge in [0.15, 0.2) is 6.61 Å². The third-order valence-electron chi connectivity index (χ3n) is 5.74. The van der Waals surface area contributed by atoms with Gasteiger partial charge in [-0.25, -0.2) is 9.78 Å². The number of aryl methyl sites for hydroxylation is 3.